The first kappa shape index (κ1) is 27.7. The van der Waals surface area contributed by atoms with Crippen molar-refractivity contribution >= 4 is 39.2 Å². The Bertz CT molecular complexity index is 1410. The first-order valence-electron chi connectivity index (χ1n) is 10.9. The normalized spacial score (nSPS) is 12.8. The van der Waals surface area contributed by atoms with Crippen LogP contribution in [-0.2, 0) is 21.0 Å². The summed E-state index contributed by atoms with van der Waals surface area (Å²) in [5.41, 5.74) is -0.0628. The van der Waals surface area contributed by atoms with Crippen LogP contribution in [0.2, 0.25) is 0 Å². The summed E-state index contributed by atoms with van der Waals surface area (Å²) in [6.07, 6.45) is -1.28. The minimum Gasteiger partial charge on any atom is -0.346 e. The minimum atomic E-state index is -4.65. The summed E-state index contributed by atoms with van der Waals surface area (Å²) in [6.45, 7) is 1.60. The van der Waals surface area contributed by atoms with Gasteiger partial charge < -0.3 is 10.2 Å². The van der Waals surface area contributed by atoms with Crippen molar-refractivity contribution in [1.82, 2.24) is 10.3 Å². The number of carbonyl (C=O) groups excluding carboxylic acids is 1. The summed E-state index contributed by atoms with van der Waals surface area (Å²) in [5.74, 6) is -1.40. The summed E-state index contributed by atoms with van der Waals surface area (Å²) in [6, 6.07) is 13.8. The fraction of sp³-hybridized carbons (Fsp3) is 0.200. The Kier molecular flexibility index (Phi) is 8.22. The molecule has 0 bridgehead atoms. The number of sulfonamides is 1. The molecule has 0 fully saturated rings. The van der Waals surface area contributed by atoms with E-state index in [0.29, 0.717) is 11.3 Å². The molecule has 0 aliphatic carbocycles. The smallest absolute Gasteiger partial charge is 0.346 e. The molecule has 196 valence electrons. The lowest BCUT2D eigenvalue weighted by molar-refractivity contribution is -0.141. The zero-order chi connectivity index (χ0) is 27.4. The molecule has 1 amide bonds. The number of nitrogens with zero attached hydrogens (tertiary/aromatic N) is 2. The van der Waals surface area contributed by atoms with Crippen LogP contribution in [0.25, 0.3) is 6.08 Å². The van der Waals surface area contributed by atoms with Crippen molar-refractivity contribution in [3.8, 4) is 0 Å². The Balaban J connectivity index is 1.81. The molecule has 0 aliphatic heterocycles. The van der Waals surface area contributed by atoms with E-state index >= 15 is 0 Å². The van der Waals surface area contributed by atoms with E-state index in [1.165, 1.54) is 29.2 Å². The number of halogens is 4. The fourth-order valence-electron chi connectivity index (χ4n) is 3.38. The number of alkyl halides is 3. The molecule has 37 heavy (non-hydrogen) atoms. The number of pyridine rings is 1. The van der Waals surface area contributed by atoms with E-state index in [0.717, 1.165) is 24.5 Å². The van der Waals surface area contributed by atoms with Crippen molar-refractivity contribution < 1.29 is 30.8 Å². The van der Waals surface area contributed by atoms with Gasteiger partial charge in [0.2, 0.25) is 15.9 Å². The number of hydrogen-bond donors (Lipinski definition) is 2. The Hall–Kier alpha value is -3.93. The van der Waals surface area contributed by atoms with Crippen LogP contribution in [0.1, 0.15) is 29.8 Å². The van der Waals surface area contributed by atoms with Crippen LogP contribution in [0.5, 0.6) is 0 Å². The third-order valence-electron chi connectivity index (χ3n) is 5.22. The molecule has 0 radical (unpaired) electrons. The van der Waals surface area contributed by atoms with Crippen molar-refractivity contribution in [2.75, 3.05) is 22.9 Å². The van der Waals surface area contributed by atoms with Gasteiger partial charge in [-0.1, -0.05) is 24.3 Å². The van der Waals surface area contributed by atoms with Crippen LogP contribution in [0.3, 0.4) is 0 Å². The zero-order valence-electron chi connectivity index (χ0n) is 20.0. The molecule has 0 unspecified atom stereocenters. The van der Waals surface area contributed by atoms with Crippen LogP contribution in [0.4, 0.5) is 34.8 Å². The average molecular weight is 537 g/mol. The second-order valence-corrected chi connectivity index (χ2v) is 9.93. The number of para-hydroxylation sites is 1. The van der Waals surface area contributed by atoms with Gasteiger partial charge in [-0.15, -0.1) is 0 Å². The minimum absolute atomic E-state index is 0.00541. The van der Waals surface area contributed by atoms with Gasteiger partial charge in [0.1, 0.15) is 17.3 Å². The molecule has 1 aromatic heterocycles. The van der Waals surface area contributed by atoms with Gasteiger partial charge in [-0.05, 0) is 55.0 Å². The van der Waals surface area contributed by atoms with Gasteiger partial charge in [-0.2, -0.15) is 13.2 Å². The summed E-state index contributed by atoms with van der Waals surface area (Å²) >= 11 is 0. The molecule has 7 nitrogen and oxygen atoms in total. The van der Waals surface area contributed by atoms with Crippen LogP contribution in [-0.4, -0.2) is 32.6 Å². The topological polar surface area (TPSA) is 91.4 Å². The first-order chi connectivity index (χ1) is 17.2. The fourth-order valence-corrected chi connectivity index (χ4v) is 3.95. The quantitative estimate of drug-likeness (QED) is 0.302. The Morgan fingerprint density at radius 1 is 1.08 bits per heavy atom. The summed E-state index contributed by atoms with van der Waals surface area (Å²) in [7, 11) is -2.10. The predicted octanol–water partition coefficient (Wildman–Crippen LogP) is 5.27. The summed E-state index contributed by atoms with van der Waals surface area (Å²) < 4.78 is 78.8. The van der Waals surface area contributed by atoms with Gasteiger partial charge in [-0.3, -0.25) is 9.52 Å². The maximum Gasteiger partial charge on any atom is 0.433 e. The highest BCUT2D eigenvalue weighted by Gasteiger charge is 2.33. The molecule has 2 aromatic carbocycles. The average Bonchev–Trinajstić information content (AvgIpc) is 2.82. The molecular weight excluding hydrogens is 512 g/mol. The number of nitrogens with one attached hydrogen (secondary N) is 2. The van der Waals surface area contributed by atoms with Gasteiger partial charge in [0.15, 0.2) is 0 Å². The van der Waals surface area contributed by atoms with E-state index in [1.807, 2.05) is 0 Å². The van der Waals surface area contributed by atoms with Crippen molar-refractivity contribution in [3.63, 3.8) is 0 Å². The van der Waals surface area contributed by atoms with E-state index in [-0.39, 0.29) is 17.1 Å². The molecular formula is C25H24F4N4O3S. The first-order valence-corrected chi connectivity index (χ1v) is 12.8. The third-order valence-corrected chi connectivity index (χ3v) is 5.81. The number of amides is 1. The Morgan fingerprint density at radius 2 is 1.76 bits per heavy atom. The highest BCUT2D eigenvalue weighted by molar-refractivity contribution is 7.92. The number of anilines is 3. The molecule has 3 aromatic rings. The van der Waals surface area contributed by atoms with Crippen LogP contribution >= 0.6 is 0 Å². The van der Waals surface area contributed by atoms with Gasteiger partial charge in [0.25, 0.3) is 0 Å². The number of benzene rings is 2. The van der Waals surface area contributed by atoms with Gasteiger partial charge in [0, 0.05) is 24.4 Å². The number of carbonyl (C=O) groups is 1. The van der Waals surface area contributed by atoms with Crippen molar-refractivity contribution in [3.05, 3.63) is 89.4 Å². The molecule has 2 N–H and O–H groups in total. The Labute approximate surface area is 211 Å². The lowest BCUT2D eigenvalue weighted by Gasteiger charge is -2.21. The largest absolute Gasteiger partial charge is 0.433 e. The van der Waals surface area contributed by atoms with E-state index in [2.05, 4.69) is 15.0 Å². The Morgan fingerprint density at radius 3 is 2.35 bits per heavy atom. The molecule has 0 aliphatic rings. The second kappa shape index (κ2) is 11.0. The predicted molar refractivity (Wildman–Crippen MR) is 134 cm³/mol. The van der Waals surface area contributed by atoms with Crippen LogP contribution in [0, 0.1) is 5.82 Å². The standard InChI is InChI=1S/C25H24F4N4O3S/c1-16(18-9-12-21(20(26)15-18)32-37(3,35)36)30-23(34)14-11-17-10-13-22(25(27,28)29)31-24(17)33(2)19-7-5-4-6-8-19/h4-16,32H,1-3H3,(H,30,34)/t16-/m1/s1. The van der Waals surface area contributed by atoms with E-state index in [4.69, 9.17) is 0 Å². The van der Waals surface area contributed by atoms with Crippen LogP contribution in [0.15, 0.2) is 66.7 Å². The van der Waals surface area contributed by atoms with Crippen molar-refractivity contribution in [1.29, 1.82) is 0 Å². The molecule has 3 rings (SSSR count). The second-order valence-electron chi connectivity index (χ2n) is 8.18. The van der Waals surface area contributed by atoms with Crippen molar-refractivity contribution in [2.24, 2.45) is 0 Å². The van der Waals surface area contributed by atoms with Gasteiger partial charge in [0.05, 0.1) is 18.0 Å². The monoisotopic (exact) mass is 536 g/mol. The van der Waals surface area contributed by atoms with Crippen molar-refractivity contribution in [2.45, 2.75) is 19.1 Å². The maximum absolute atomic E-state index is 14.3. The highest BCUT2D eigenvalue weighted by atomic mass is 32.2. The van der Waals surface area contributed by atoms with Gasteiger partial charge in [-0.25, -0.2) is 17.8 Å². The third kappa shape index (κ3) is 7.53. The van der Waals surface area contributed by atoms with Crippen LogP contribution < -0.4 is 14.9 Å². The maximum atomic E-state index is 14.3. The SMILES string of the molecule is C[C@@H](NC(=O)C=Cc1ccc(C(F)(F)F)nc1N(C)c1ccccc1)c1ccc(NS(C)(=O)=O)c(F)c1. The molecule has 0 saturated carbocycles. The van der Waals surface area contributed by atoms with E-state index in [9.17, 15) is 30.8 Å². The molecule has 0 spiro atoms. The highest BCUT2D eigenvalue weighted by Crippen LogP contribution is 2.33. The number of hydrogen-bond acceptors (Lipinski definition) is 5. The lowest BCUT2D eigenvalue weighted by atomic mass is 10.1. The number of rotatable bonds is 8. The summed E-state index contributed by atoms with van der Waals surface area (Å²) in [4.78, 5) is 17.8. The number of aromatic nitrogens is 1. The summed E-state index contributed by atoms with van der Waals surface area (Å²) in [5, 5.41) is 2.63. The van der Waals surface area contributed by atoms with E-state index < -0.39 is 39.7 Å². The lowest BCUT2D eigenvalue weighted by Crippen LogP contribution is -2.25. The molecule has 1 atom stereocenters. The van der Waals surface area contributed by atoms with E-state index in [1.54, 1.807) is 44.3 Å². The molecule has 1 heterocycles. The van der Waals surface area contributed by atoms with Gasteiger partial charge >= 0.3 is 6.18 Å². The molecule has 12 heteroatoms. The molecule has 0 saturated heterocycles. The zero-order valence-corrected chi connectivity index (χ0v) is 20.9.